The zero-order valence-electron chi connectivity index (χ0n) is 14.5. The summed E-state index contributed by atoms with van der Waals surface area (Å²) in [6, 6.07) is 0.328. The van der Waals surface area contributed by atoms with Crippen LogP contribution >= 0.6 is 0 Å². The van der Waals surface area contributed by atoms with Gasteiger partial charge in [-0.1, -0.05) is 13.8 Å². The molecule has 124 valence electrons. The summed E-state index contributed by atoms with van der Waals surface area (Å²) in [6.45, 7) is 9.99. The number of nitrogens with one attached hydrogen (secondary N) is 2. The highest BCUT2D eigenvalue weighted by atomic mass is 16.5. The topological polar surface area (TPSA) is 76.4 Å². The van der Waals surface area contributed by atoms with Crippen molar-refractivity contribution in [1.29, 1.82) is 0 Å². The minimum absolute atomic E-state index is 0.0444. The van der Waals surface area contributed by atoms with Gasteiger partial charge >= 0.3 is 0 Å². The van der Waals surface area contributed by atoms with Gasteiger partial charge in [0, 0.05) is 32.2 Å². The van der Waals surface area contributed by atoms with Gasteiger partial charge in [0.1, 0.15) is 18.7 Å². The Morgan fingerprint density at radius 3 is 2.73 bits per heavy atom. The Labute approximate surface area is 132 Å². The zero-order valence-corrected chi connectivity index (χ0v) is 14.5. The van der Waals surface area contributed by atoms with Crippen LogP contribution in [0, 0.1) is 5.41 Å². The van der Waals surface area contributed by atoms with Crippen LogP contribution in [0.5, 0.6) is 0 Å². The number of aliphatic imine (C=N–C) groups is 1. The maximum Gasteiger partial charge on any atom is 0.191 e. The van der Waals surface area contributed by atoms with Gasteiger partial charge in [0.2, 0.25) is 0 Å². The van der Waals surface area contributed by atoms with Crippen LogP contribution in [0.4, 0.5) is 0 Å². The summed E-state index contributed by atoms with van der Waals surface area (Å²) in [6.07, 6.45) is 2.51. The van der Waals surface area contributed by atoms with E-state index in [0.717, 1.165) is 24.7 Å². The average molecular weight is 308 g/mol. The summed E-state index contributed by atoms with van der Waals surface area (Å²) in [5.41, 5.74) is -0.0473. The molecule has 1 fully saturated rings. The first-order valence-corrected chi connectivity index (χ1v) is 7.77. The Kier molecular flexibility index (Phi) is 4.75. The van der Waals surface area contributed by atoms with Crippen molar-refractivity contribution < 1.29 is 4.74 Å². The van der Waals surface area contributed by atoms with E-state index in [4.69, 9.17) is 4.74 Å². The van der Waals surface area contributed by atoms with Gasteiger partial charge in [0.05, 0.1) is 5.60 Å². The standard InChI is InChI=1S/C15H28N6O/c1-7-16-13(17-9-12-18-10-19-21(12)5)20-11-8-15(4,22-6)14(11,2)3/h10-11H,7-9H2,1-6H3,(H2,16,17,20). The summed E-state index contributed by atoms with van der Waals surface area (Å²) in [4.78, 5) is 8.80. The lowest BCUT2D eigenvalue weighted by molar-refractivity contribution is -0.176. The molecular weight excluding hydrogens is 280 g/mol. The van der Waals surface area contributed by atoms with E-state index in [0.29, 0.717) is 12.6 Å². The van der Waals surface area contributed by atoms with Gasteiger partial charge in [-0.25, -0.2) is 9.98 Å². The highest BCUT2D eigenvalue weighted by Crippen LogP contribution is 2.51. The van der Waals surface area contributed by atoms with E-state index >= 15 is 0 Å². The number of nitrogens with zero attached hydrogens (tertiary/aromatic N) is 4. The molecule has 1 aromatic rings. The first kappa shape index (κ1) is 16.7. The molecule has 7 nitrogen and oxygen atoms in total. The molecule has 0 amide bonds. The number of guanidine groups is 1. The molecule has 2 N–H and O–H groups in total. The Bertz CT molecular complexity index is 538. The van der Waals surface area contributed by atoms with Crippen LogP contribution in [-0.2, 0) is 18.3 Å². The lowest BCUT2D eigenvalue weighted by Crippen LogP contribution is -2.69. The van der Waals surface area contributed by atoms with Crippen molar-refractivity contribution in [3.05, 3.63) is 12.2 Å². The molecule has 0 aromatic carbocycles. The predicted molar refractivity (Wildman–Crippen MR) is 86.6 cm³/mol. The van der Waals surface area contributed by atoms with Crippen LogP contribution in [0.1, 0.15) is 39.9 Å². The number of ether oxygens (including phenoxy) is 1. The zero-order chi connectivity index (χ0) is 16.4. The molecule has 0 saturated heterocycles. The number of aryl methyl sites for hydroxylation is 1. The van der Waals surface area contributed by atoms with E-state index in [1.807, 2.05) is 7.05 Å². The molecule has 2 rings (SSSR count). The molecule has 1 saturated carbocycles. The lowest BCUT2D eigenvalue weighted by atomic mass is 9.56. The van der Waals surface area contributed by atoms with Gasteiger partial charge in [-0.2, -0.15) is 5.10 Å². The van der Waals surface area contributed by atoms with Crippen LogP contribution in [0.25, 0.3) is 0 Å². The predicted octanol–water partition coefficient (Wildman–Crippen LogP) is 1.07. The highest BCUT2D eigenvalue weighted by molar-refractivity contribution is 5.80. The van der Waals surface area contributed by atoms with E-state index in [1.54, 1.807) is 18.1 Å². The molecule has 1 aromatic heterocycles. The monoisotopic (exact) mass is 308 g/mol. The largest absolute Gasteiger partial charge is 0.378 e. The summed E-state index contributed by atoms with van der Waals surface area (Å²) in [7, 11) is 3.66. The van der Waals surface area contributed by atoms with Crippen LogP contribution in [0.2, 0.25) is 0 Å². The first-order valence-electron chi connectivity index (χ1n) is 7.77. The third-order valence-corrected chi connectivity index (χ3v) is 5.12. The van der Waals surface area contributed by atoms with Crippen molar-refractivity contribution in [3.8, 4) is 0 Å². The number of hydrogen-bond donors (Lipinski definition) is 2. The molecule has 0 bridgehead atoms. The molecule has 2 atom stereocenters. The Balaban J connectivity index is 2.02. The van der Waals surface area contributed by atoms with Crippen molar-refractivity contribution in [2.75, 3.05) is 13.7 Å². The van der Waals surface area contributed by atoms with Gasteiger partial charge in [-0.15, -0.1) is 0 Å². The molecule has 1 aliphatic rings. The average Bonchev–Trinajstić information content (AvgIpc) is 2.89. The fourth-order valence-electron chi connectivity index (χ4n) is 2.82. The third-order valence-electron chi connectivity index (χ3n) is 5.12. The fourth-order valence-corrected chi connectivity index (χ4v) is 2.82. The number of hydrogen-bond acceptors (Lipinski definition) is 4. The SMILES string of the molecule is CCNC(=NCc1ncnn1C)NC1CC(C)(OC)C1(C)C. The number of rotatable bonds is 5. The minimum Gasteiger partial charge on any atom is -0.378 e. The minimum atomic E-state index is -0.0917. The van der Waals surface area contributed by atoms with E-state index in [9.17, 15) is 0 Å². The van der Waals surface area contributed by atoms with E-state index in [-0.39, 0.29) is 11.0 Å². The van der Waals surface area contributed by atoms with Gasteiger partial charge in [0.25, 0.3) is 0 Å². The van der Waals surface area contributed by atoms with E-state index in [1.165, 1.54) is 0 Å². The normalized spacial score (nSPS) is 27.4. The smallest absolute Gasteiger partial charge is 0.191 e. The van der Waals surface area contributed by atoms with Gasteiger partial charge in [0.15, 0.2) is 5.96 Å². The fraction of sp³-hybridized carbons (Fsp3) is 0.800. The second-order valence-corrected chi connectivity index (χ2v) is 6.55. The number of aromatic nitrogens is 3. The Morgan fingerprint density at radius 1 is 1.50 bits per heavy atom. The molecule has 22 heavy (non-hydrogen) atoms. The van der Waals surface area contributed by atoms with Gasteiger partial charge < -0.3 is 15.4 Å². The van der Waals surface area contributed by atoms with Crippen LogP contribution < -0.4 is 10.6 Å². The molecular formula is C15H28N6O. The summed E-state index contributed by atoms with van der Waals surface area (Å²) < 4.78 is 7.41. The maximum absolute atomic E-state index is 5.67. The molecule has 2 unspecified atom stereocenters. The third kappa shape index (κ3) is 2.95. The van der Waals surface area contributed by atoms with E-state index < -0.39 is 0 Å². The first-order chi connectivity index (χ1) is 10.3. The van der Waals surface area contributed by atoms with Crippen molar-refractivity contribution in [3.63, 3.8) is 0 Å². The highest BCUT2D eigenvalue weighted by Gasteiger charge is 2.58. The molecule has 1 heterocycles. The van der Waals surface area contributed by atoms with Crippen LogP contribution in [0.3, 0.4) is 0 Å². The second kappa shape index (κ2) is 6.24. The maximum atomic E-state index is 5.67. The van der Waals surface area contributed by atoms with Crippen molar-refractivity contribution in [2.45, 2.75) is 52.3 Å². The lowest BCUT2D eigenvalue weighted by Gasteiger charge is -2.59. The summed E-state index contributed by atoms with van der Waals surface area (Å²) >= 11 is 0. The van der Waals surface area contributed by atoms with Crippen LogP contribution in [-0.4, -0.2) is 46.0 Å². The van der Waals surface area contributed by atoms with Crippen LogP contribution in [0.15, 0.2) is 11.3 Å². The molecule has 0 radical (unpaired) electrons. The van der Waals surface area contributed by atoms with E-state index in [2.05, 4.69) is 53.4 Å². The van der Waals surface area contributed by atoms with Crippen molar-refractivity contribution >= 4 is 5.96 Å². The molecule has 0 aliphatic heterocycles. The molecule has 1 aliphatic carbocycles. The summed E-state index contributed by atoms with van der Waals surface area (Å²) in [5.74, 6) is 1.65. The van der Waals surface area contributed by atoms with Crippen molar-refractivity contribution in [2.24, 2.45) is 17.5 Å². The Morgan fingerprint density at radius 2 is 2.23 bits per heavy atom. The van der Waals surface area contributed by atoms with Crippen molar-refractivity contribution in [1.82, 2.24) is 25.4 Å². The van der Waals surface area contributed by atoms with Gasteiger partial charge in [-0.05, 0) is 20.3 Å². The molecule has 7 heteroatoms. The molecule has 0 spiro atoms. The summed E-state index contributed by atoms with van der Waals surface area (Å²) in [5, 5.41) is 10.9. The number of methoxy groups -OCH3 is 1. The Hall–Kier alpha value is -1.63. The van der Waals surface area contributed by atoms with Gasteiger partial charge in [-0.3, -0.25) is 4.68 Å². The quantitative estimate of drug-likeness (QED) is 0.629. The second-order valence-electron chi connectivity index (χ2n) is 6.55.